The van der Waals surface area contributed by atoms with Crippen LogP contribution in [0.2, 0.25) is 0 Å². The van der Waals surface area contributed by atoms with E-state index in [1.165, 1.54) is 89.8 Å². The molecule has 0 radical (unpaired) electrons. The smallest absolute Gasteiger partial charge is 0.179 e. The summed E-state index contributed by atoms with van der Waals surface area (Å²) in [5.41, 5.74) is 20.8. The Hall–Kier alpha value is -6.06. The molecule has 2 heterocycles. The van der Waals surface area contributed by atoms with E-state index >= 15 is 0 Å². The summed E-state index contributed by atoms with van der Waals surface area (Å²) in [6.07, 6.45) is 0. The average molecular weight is 878 g/mol. The highest BCUT2D eigenvalue weighted by atomic mass is 15.5. The van der Waals surface area contributed by atoms with E-state index in [4.69, 9.17) is 0 Å². The number of anilines is 7. The van der Waals surface area contributed by atoms with E-state index in [0.29, 0.717) is 0 Å². The Labute approximate surface area is 400 Å². The van der Waals surface area contributed by atoms with Gasteiger partial charge in [0.25, 0.3) is 0 Å². The standard InChI is InChI=1S/C64H67N3/c1-57(2)45-27-19-18-26-43(45)44-38-55-56(39-50(44)57)67(42-33-35-47-52(37-42)61(9,10)63(13,14)59(47,5)6)64(66(55)41-32-34-46-51(36-41)60(7,8)62(11,12)58(46,3)4)48-28-20-22-30-53(48)65(40-24-16-15-17-25-40)54-31-23-21-29-49(54)64/h15-39H,1-14H3. The first-order chi connectivity index (χ1) is 31.6. The summed E-state index contributed by atoms with van der Waals surface area (Å²) >= 11 is 0. The molecule has 0 bridgehead atoms. The van der Waals surface area contributed by atoms with Gasteiger partial charge in [-0.1, -0.05) is 188 Å². The number of hydrogen-bond donors (Lipinski definition) is 0. The van der Waals surface area contributed by atoms with Gasteiger partial charge < -0.3 is 14.7 Å². The third-order valence-electron chi connectivity index (χ3n) is 20.3. The molecule has 0 fully saturated rings. The Balaban J connectivity index is 1.26. The second kappa shape index (κ2) is 12.9. The number of benzene rings is 7. The van der Waals surface area contributed by atoms with Crippen molar-refractivity contribution in [1.29, 1.82) is 0 Å². The molecule has 3 nitrogen and oxygen atoms in total. The lowest BCUT2D eigenvalue weighted by molar-refractivity contribution is 0.125. The van der Waals surface area contributed by atoms with Crippen LogP contribution in [0.25, 0.3) is 11.1 Å². The molecule has 5 aliphatic rings. The zero-order valence-electron chi connectivity index (χ0n) is 42.3. The molecule has 3 heteroatoms. The van der Waals surface area contributed by atoms with Gasteiger partial charge in [-0.05, 0) is 138 Å². The van der Waals surface area contributed by atoms with E-state index < -0.39 is 5.66 Å². The maximum absolute atomic E-state index is 2.78. The second-order valence-corrected chi connectivity index (χ2v) is 24.3. The number of nitrogens with zero attached hydrogens (tertiary/aromatic N) is 3. The van der Waals surface area contributed by atoms with E-state index in [0.717, 1.165) is 5.69 Å². The lowest BCUT2D eigenvalue weighted by Gasteiger charge is -2.52. The van der Waals surface area contributed by atoms with Gasteiger partial charge in [0, 0.05) is 33.6 Å². The fourth-order valence-electron chi connectivity index (χ4n) is 14.1. The molecule has 0 atom stereocenters. The molecule has 67 heavy (non-hydrogen) atoms. The number of rotatable bonds is 3. The van der Waals surface area contributed by atoms with Crippen molar-refractivity contribution in [3.05, 3.63) is 196 Å². The third-order valence-corrected chi connectivity index (χ3v) is 20.3. The van der Waals surface area contributed by atoms with Crippen molar-refractivity contribution in [3.8, 4) is 11.1 Å². The Morgan fingerprint density at radius 2 is 0.701 bits per heavy atom. The second-order valence-electron chi connectivity index (χ2n) is 24.3. The van der Waals surface area contributed by atoms with Crippen LogP contribution in [0.1, 0.15) is 141 Å². The SMILES string of the molecule is CC1(C)c2ccccc2-c2cc3c(cc21)N(c1ccc2c(c1)C(C)(C)C(C)(C)C2(C)C)C1(c2ccccc2N(c2ccccc2)c2ccccc21)N3c1ccc2c(c1)C(C)(C)C(C)(C)C2(C)C. The van der Waals surface area contributed by atoms with Gasteiger partial charge in [-0.2, -0.15) is 0 Å². The summed E-state index contributed by atoms with van der Waals surface area (Å²) in [5, 5.41) is 0. The first kappa shape index (κ1) is 42.3. The molecule has 0 saturated heterocycles. The fourth-order valence-corrected chi connectivity index (χ4v) is 14.1. The van der Waals surface area contributed by atoms with E-state index in [9.17, 15) is 0 Å². The van der Waals surface area contributed by atoms with Crippen molar-refractivity contribution in [2.24, 2.45) is 10.8 Å². The highest BCUT2D eigenvalue weighted by molar-refractivity contribution is 6.02. The van der Waals surface area contributed by atoms with Crippen LogP contribution in [-0.2, 0) is 32.7 Å². The molecule has 7 aromatic carbocycles. The van der Waals surface area contributed by atoms with Crippen molar-refractivity contribution in [1.82, 2.24) is 0 Å². The number of fused-ring (bicyclic) bond motifs is 10. The van der Waals surface area contributed by atoms with Crippen LogP contribution >= 0.6 is 0 Å². The summed E-state index contributed by atoms with van der Waals surface area (Å²) < 4.78 is 0. The highest BCUT2D eigenvalue weighted by Gasteiger charge is 2.62. The van der Waals surface area contributed by atoms with E-state index in [1.54, 1.807) is 0 Å². The van der Waals surface area contributed by atoms with Crippen LogP contribution in [-0.4, -0.2) is 0 Å². The lowest BCUT2D eigenvalue weighted by atomic mass is 9.59. The van der Waals surface area contributed by atoms with Gasteiger partial charge in [-0.15, -0.1) is 0 Å². The summed E-state index contributed by atoms with van der Waals surface area (Å²) in [5.74, 6) is 0. The maximum Gasteiger partial charge on any atom is 0.179 e. The van der Waals surface area contributed by atoms with Crippen molar-refractivity contribution < 1.29 is 0 Å². The summed E-state index contributed by atoms with van der Waals surface area (Å²) in [6, 6.07) is 58.9. The molecular formula is C64H67N3. The molecule has 12 rings (SSSR count). The van der Waals surface area contributed by atoms with Crippen LogP contribution < -0.4 is 14.7 Å². The maximum atomic E-state index is 2.78. The average Bonchev–Trinajstić information content (AvgIpc) is 3.79. The third kappa shape index (κ3) is 4.79. The fraction of sp³-hybridized carbons (Fsp3) is 0.344. The summed E-state index contributed by atoms with van der Waals surface area (Å²) in [4.78, 5) is 8.06. The molecule has 1 spiro atoms. The molecular weight excluding hydrogens is 811 g/mol. The molecule has 2 aliphatic heterocycles. The van der Waals surface area contributed by atoms with Gasteiger partial charge in [-0.3, -0.25) is 0 Å². The minimum atomic E-state index is -0.858. The normalized spacial score (nSPS) is 21.3. The Kier molecular flexibility index (Phi) is 8.16. The van der Waals surface area contributed by atoms with Crippen LogP contribution in [0, 0.1) is 10.8 Å². The predicted octanol–water partition coefficient (Wildman–Crippen LogP) is 17.2. The van der Waals surface area contributed by atoms with Gasteiger partial charge in [0.2, 0.25) is 0 Å². The molecule has 0 amide bonds. The van der Waals surface area contributed by atoms with Crippen molar-refractivity contribution in [2.75, 3.05) is 14.7 Å². The highest BCUT2D eigenvalue weighted by Crippen LogP contribution is 2.70. The Bertz CT molecular complexity index is 3200. The molecule has 7 aromatic rings. The van der Waals surface area contributed by atoms with Crippen LogP contribution in [0.15, 0.2) is 152 Å². The molecule has 0 saturated carbocycles. The predicted molar refractivity (Wildman–Crippen MR) is 283 cm³/mol. The Morgan fingerprint density at radius 3 is 1.21 bits per heavy atom. The van der Waals surface area contributed by atoms with Crippen LogP contribution in [0.5, 0.6) is 0 Å². The molecule has 0 aromatic heterocycles. The first-order valence-corrected chi connectivity index (χ1v) is 24.8. The van der Waals surface area contributed by atoms with Crippen LogP contribution in [0.4, 0.5) is 39.8 Å². The number of hydrogen-bond acceptors (Lipinski definition) is 3. The van der Waals surface area contributed by atoms with Crippen molar-refractivity contribution >= 4 is 39.8 Å². The van der Waals surface area contributed by atoms with E-state index in [2.05, 4.69) is 263 Å². The van der Waals surface area contributed by atoms with E-state index in [-0.39, 0.29) is 37.9 Å². The van der Waals surface area contributed by atoms with Crippen molar-refractivity contribution in [3.63, 3.8) is 0 Å². The Morgan fingerprint density at radius 1 is 0.284 bits per heavy atom. The largest absolute Gasteiger partial charge is 0.310 e. The quantitative estimate of drug-likeness (QED) is 0.175. The zero-order chi connectivity index (χ0) is 47.2. The van der Waals surface area contributed by atoms with E-state index in [1.807, 2.05) is 0 Å². The minimum Gasteiger partial charge on any atom is -0.310 e. The topological polar surface area (TPSA) is 9.72 Å². The molecule has 0 unspecified atom stereocenters. The minimum absolute atomic E-state index is 0.0166. The van der Waals surface area contributed by atoms with Gasteiger partial charge >= 0.3 is 0 Å². The summed E-state index contributed by atoms with van der Waals surface area (Å²) in [7, 11) is 0. The first-order valence-electron chi connectivity index (χ1n) is 24.8. The molecule has 0 N–H and O–H groups in total. The lowest BCUT2D eigenvalue weighted by Crippen LogP contribution is -2.54. The van der Waals surface area contributed by atoms with Crippen molar-refractivity contribution in [2.45, 2.75) is 130 Å². The van der Waals surface area contributed by atoms with Gasteiger partial charge in [0.1, 0.15) is 0 Å². The monoisotopic (exact) mass is 878 g/mol. The van der Waals surface area contributed by atoms with Gasteiger partial charge in [-0.25, -0.2) is 0 Å². The molecule has 3 aliphatic carbocycles. The van der Waals surface area contributed by atoms with Crippen LogP contribution in [0.3, 0.4) is 0 Å². The summed E-state index contributed by atoms with van der Waals surface area (Å²) in [6.45, 7) is 34.5. The van der Waals surface area contributed by atoms with Gasteiger partial charge in [0.15, 0.2) is 5.66 Å². The molecule has 338 valence electrons. The van der Waals surface area contributed by atoms with Gasteiger partial charge in [0.05, 0.1) is 22.7 Å². The zero-order valence-corrected chi connectivity index (χ0v) is 42.3. The number of para-hydroxylation sites is 3.